The molecule has 1 aromatic carbocycles. The van der Waals surface area contributed by atoms with E-state index in [0.717, 1.165) is 16.9 Å². The lowest BCUT2D eigenvalue weighted by Gasteiger charge is -2.22. The second kappa shape index (κ2) is 7.96. The fourth-order valence-corrected chi connectivity index (χ4v) is 3.10. The summed E-state index contributed by atoms with van der Waals surface area (Å²) in [5.74, 6) is 0.175. The van der Waals surface area contributed by atoms with Crippen molar-refractivity contribution < 1.29 is 4.79 Å². The highest BCUT2D eigenvalue weighted by molar-refractivity contribution is 7.12. The molecule has 0 saturated heterocycles. The van der Waals surface area contributed by atoms with Gasteiger partial charge in [0.2, 0.25) is 5.91 Å². The summed E-state index contributed by atoms with van der Waals surface area (Å²) >= 11 is 1.69. The molecule has 0 unspecified atom stereocenters. The van der Waals surface area contributed by atoms with Crippen molar-refractivity contribution in [1.82, 2.24) is 4.90 Å². The monoisotopic (exact) mass is 302 g/mol. The Labute approximate surface area is 130 Å². The molecular formula is C17H22N2OS. The average Bonchev–Trinajstić information content (AvgIpc) is 2.89. The third-order valence-electron chi connectivity index (χ3n) is 3.32. The highest BCUT2D eigenvalue weighted by atomic mass is 32.1. The molecule has 2 N–H and O–H groups in total. The van der Waals surface area contributed by atoms with E-state index >= 15 is 0 Å². The predicted octanol–water partition coefficient (Wildman–Crippen LogP) is 2.98. The number of hydrogen-bond donors (Lipinski definition) is 1. The van der Waals surface area contributed by atoms with Crippen LogP contribution in [0, 0.1) is 6.92 Å². The van der Waals surface area contributed by atoms with Gasteiger partial charge in [-0.2, -0.15) is 0 Å². The molecule has 21 heavy (non-hydrogen) atoms. The van der Waals surface area contributed by atoms with E-state index in [1.165, 1.54) is 4.88 Å². The van der Waals surface area contributed by atoms with Gasteiger partial charge in [0.15, 0.2) is 0 Å². The van der Waals surface area contributed by atoms with Gasteiger partial charge in [-0.1, -0.05) is 30.3 Å². The van der Waals surface area contributed by atoms with Gasteiger partial charge in [-0.25, -0.2) is 0 Å². The van der Waals surface area contributed by atoms with Crippen molar-refractivity contribution in [2.75, 3.05) is 13.1 Å². The first-order chi connectivity index (χ1) is 10.2. The Morgan fingerprint density at radius 1 is 1.19 bits per heavy atom. The Balaban J connectivity index is 2.02. The maximum absolute atomic E-state index is 12.5. The van der Waals surface area contributed by atoms with Gasteiger partial charge in [-0.15, -0.1) is 11.3 Å². The van der Waals surface area contributed by atoms with Crippen molar-refractivity contribution in [3.63, 3.8) is 0 Å². The SMILES string of the molecule is Cc1ccc(CC(=O)N(CCCN)Cc2ccccc2)s1. The lowest BCUT2D eigenvalue weighted by atomic mass is 10.2. The predicted molar refractivity (Wildman–Crippen MR) is 88.3 cm³/mol. The summed E-state index contributed by atoms with van der Waals surface area (Å²) in [6.07, 6.45) is 1.32. The zero-order valence-electron chi connectivity index (χ0n) is 12.4. The number of amides is 1. The van der Waals surface area contributed by atoms with Crippen LogP contribution in [0.2, 0.25) is 0 Å². The lowest BCUT2D eigenvalue weighted by Crippen LogP contribution is -2.33. The van der Waals surface area contributed by atoms with Crippen LogP contribution >= 0.6 is 11.3 Å². The van der Waals surface area contributed by atoms with Crippen LogP contribution in [0.1, 0.15) is 21.7 Å². The number of carbonyl (C=O) groups excluding carboxylic acids is 1. The van der Waals surface area contributed by atoms with Crippen molar-refractivity contribution in [3.8, 4) is 0 Å². The lowest BCUT2D eigenvalue weighted by molar-refractivity contribution is -0.131. The standard InChI is InChI=1S/C17H22N2OS/c1-14-8-9-16(21-14)12-17(20)19(11-5-10-18)13-15-6-3-2-4-7-15/h2-4,6-9H,5,10-13,18H2,1H3. The molecule has 0 bridgehead atoms. The van der Waals surface area contributed by atoms with Crippen LogP contribution in [0.15, 0.2) is 42.5 Å². The minimum Gasteiger partial charge on any atom is -0.338 e. The number of rotatable bonds is 7. The largest absolute Gasteiger partial charge is 0.338 e. The van der Waals surface area contributed by atoms with E-state index in [1.807, 2.05) is 29.2 Å². The van der Waals surface area contributed by atoms with E-state index in [9.17, 15) is 4.79 Å². The highest BCUT2D eigenvalue weighted by Gasteiger charge is 2.15. The molecule has 1 aromatic heterocycles. The van der Waals surface area contributed by atoms with E-state index in [2.05, 4.69) is 25.1 Å². The first kappa shape index (κ1) is 15.7. The highest BCUT2D eigenvalue weighted by Crippen LogP contribution is 2.17. The minimum absolute atomic E-state index is 0.175. The quantitative estimate of drug-likeness (QED) is 0.854. The maximum Gasteiger partial charge on any atom is 0.228 e. The maximum atomic E-state index is 12.5. The summed E-state index contributed by atoms with van der Waals surface area (Å²) in [5.41, 5.74) is 6.75. The second-order valence-electron chi connectivity index (χ2n) is 5.13. The smallest absolute Gasteiger partial charge is 0.228 e. The number of thiophene rings is 1. The molecule has 1 heterocycles. The molecule has 3 nitrogen and oxygen atoms in total. The molecule has 0 aliphatic carbocycles. The number of carbonyl (C=O) groups is 1. The second-order valence-corrected chi connectivity index (χ2v) is 6.50. The van der Waals surface area contributed by atoms with Crippen molar-refractivity contribution >= 4 is 17.2 Å². The number of aryl methyl sites for hydroxylation is 1. The van der Waals surface area contributed by atoms with Crippen molar-refractivity contribution in [2.45, 2.75) is 26.3 Å². The number of benzene rings is 1. The summed E-state index contributed by atoms with van der Waals surface area (Å²) in [7, 11) is 0. The van der Waals surface area contributed by atoms with E-state index in [4.69, 9.17) is 5.73 Å². The molecule has 0 radical (unpaired) electrons. The van der Waals surface area contributed by atoms with Crippen LogP contribution in [0.4, 0.5) is 0 Å². The number of hydrogen-bond acceptors (Lipinski definition) is 3. The molecule has 2 rings (SSSR count). The van der Waals surface area contributed by atoms with E-state index < -0.39 is 0 Å². The summed E-state index contributed by atoms with van der Waals surface area (Å²) < 4.78 is 0. The van der Waals surface area contributed by atoms with Gasteiger partial charge in [0, 0.05) is 22.8 Å². The number of nitrogens with zero attached hydrogens (tertiary/aromatic N) is 1. The van der Waals surface area contributed by atoms with Crippen LogP contribution in [-0.2, 0) is 17.8 Å². The molecule has 1 amide bonds. The Morgan fingerprint density at radius 2 is 1.95 bits per heavy atom. The van der Waals surface area contributed by atoms with Crippen LogP contribution < -0.4 is 5.73 Å². The van der Waals surface area contributed by atoms with Crippen LogP contribution in [0.25, 0.3) is 0 Å². The summed E-state index contributed by atoms with van der Waals surface area (Å²) in [5, 5.41) is 0. The first-order valence-electron chi connectivity index (χ1n) is 7.26. The Hall–Kier alpha value is -1.65. The normalized spacial score (nSPS) is 10.6. The van der Waals surface area contributed by atoms with Gasteiger partial charge in [0.05, 0.1) is 6.42 Å². The van der Waals surface area contributed by atoms with Gasteiger partial charge in [0.25, 0.3) is 0 Å². The number of nitrogens with two attached hydrogens (primary N) is 1. The average molecular weight is 302 g/mol. The van der Waals surface area contributed by atoms with Crippen molar-refractivity contribution in [3.05, 3.63) is 57.8 Å². The molecule has 0 atom stereocenters. The summed E-state index contributed by atoms with van der Waals surface area (Å²) in [4.78, 5) is 16.8. The van der Waals surface area contributed by atoms with Gasteiger partial charge in [-0.05, 0) is 37.6 Å². The summed E-state index contributed by atoms with van der Waals surface area (Å²) in [6.45, 7) is 4.05. The Bertz CT molecular complexity index is 565. The zero-order chi connectivity index (χ0) is 15.1. The van der Waals surface area contributed by atoms with E-state index in [1.54, 1.807) is 11.3 Å². The molecular weight excluding hydrogens is 280 g/mol. The zero-order valence-corrected chi connectivity index (χ0v) is 13.2. The van der Waals surface area contributed by atoms with Crippen LogP contribution in [0.5, 0.6) is 0 Å². The third-order valence-corrected chi connectivity index (χ3v) is 4.32. The van der Waals surface area contributed by atoms with E-state index in [0.29, 0.717) is 26.1 Å². The molecule has 0 spiro atoms. The van der Waals surface area contributed by atoms with Gasteiger partial charge in [-0.3, -0.25) is 4.79 Å². The van der Waals surface area contributed by atoms with Gasteiger partial charge in [0.1, 0.15) is 0 Å². The Kier molecular flexibility index (Phi) is 5.96. The van der Waals surface area contributed by atoms with E-state index in [-0.39, 0.29) is 5.91 Å². The molecule has 2 aromatic rings. The molecule has 4 heteroatoms. The molecule has 112 valence electrons. The minimum atomic E-state index is 0.175. The van der Waals surface area contributed by atoms with Crippen molar-refractivity contribution in [2.24, 2.45) is 5.73 Å². The molecule has 0 fully saturated rings. The van der Waals surface area contributed by atoms with Gasteiger partial charge >= 0.3 is 0 Å². The molecule has 0 saturated carbocycles. The van der Waals surface area contributed by atoms with Crippen molar-refractivity contribution in [1.29, 1.82) is 0 Å². The first-order valence-corrected chi connectivity index (χ1v) is 8.08. The van der Waals surface area contributed by atoms with Crippen LogP contribution in [-0.4, -0.2) is 23.9 Å². The van der Waals surface area contributed by atoms with Crippen LogP contribution in [0.3, 0.4) is 0 Å². The third kappa shape index (κ3) is 4.99. The fourth-order valence-electron chi connectivity index (χ4n) is 2.22. The Morgan fingerprint density at radius 3 is 2.57 bits per heavy atom. The molecule has 0 aliphatic heterocycles. The molecule has 0 aliphatic rings. The fraction of sp³-hybridized carbons (Fsp3) is 0.353. The topological polar surface area (TPSA) is 46.3 Å². The van der Waals surface area contributed by atoms with Gasteiger partial charge < -0.3 is 10.6 Å². The summed E-state index contributed by atoms with van der Waals surface area (Å²) in [6, 6.07) is 14.2.